The van der Waals surface area contributed by atoms with Gasteiger partial charge in [0, 0.05) is 25.0 Å². The second-order valence-corrected chi connectivity index (χ2v) is 7.37. The monoisotopic (exact) mass is 286 g/mol. The van der Waals surface area contributed by atoms with E-state index in [1.54, 1.807) is 7.05 Å². The van der Waals surface area contributed by atoms with Crippen molar-refractivity contribution in [3.8, 4) is 0 Å². The predicted octanol–water partition coefficient (Wildman–Crippen LogP) is 1.71. The van der Waals surface area contributed by atoms with E-state index in [1.807, 2.05) is 0 Å². The minimum atomic E-state index is -3.47. The van der Waals surface area contributed by atoms with E-state index in [1.165, 1.54) is 23.0 Å². The molecule has 0 aromatic carbocycles. The van der Waals surface area contributed by atoms with Crippen molar-refractivity contribution >= 4 is 10.0 Å². The third kappa shape index (κ3) is 2.85. The molecule has 0 saturated heterocycles. The zero-order valence-electron chi connectivity index (χ0n) is 11.5. The van der Waals surface area contributed by atoms with E-state index in [2.05, 4.69) is 11.9 Å². The molecular formula is C13H22N2O3S. The van der Waals surface area contributed by atoms with E-state index in [0.717, 1.165) is 19.3 Å². The Bertz CT molecular complexity index is 524. The van der Waals surface area contributed by atoms with Crippen molar-refractivity contribution in [2.24, 2.45) is 5.92 Å². The molecule has 2 atom stereocenters. The van der Waals surface area contributed by atoms with E-state index in [4.69, 9.17) is 5.11 Å². The smallest absolute Gasteiger partial charge is 0.244 e. The number of H-pyrrole nitrogens is 1. The van der Waals surface area contributed by atoms with E-state index in [0.29, 0.717) is 11.6 Å². The Morgan fingerprint density at radius 3 is 2.68 bits per heavy atom. The number of aliphatic hydroxyl groups excluding tert-OH is 1. The lowest BCUT2D eigenvalue weighted by molar-refractivity contribution is 0.213. The molecule has 1 aromatic rings. The topological polar surface area (TPSA) is 73.4 Å². The van der Waals surface area contributed by atoms with Crippen molar-refractivity contribution in [2.75, 3.05) is 7.05 Å². The number of hydrogen-bond acceptors (Lipinski definition) is 3. The Morgan fingerprint density at radius 1 is 1.42 bits per heavy atom. The molecular weight excluding hydrogens is 264 g/mol. The van der Waals surface area contributed by atoms with Gasteiger partial charge in [0.2, 0.25) is 10.0 Å². The van der Waals surface area contributed by atoms with Crippen molar-refractivity contribution in [1.29, 1.82) is 0 Å². The summed E-state index contributed by atoms with van der Waals surface area (Å²) in [5.74, 6) is 0.393. The van der Waals surface area contributed by atoms with E-state index < -0.39 is 10.0 Å². The summed E-state index contributed by atoms with van der Waals surface area (Å²) < 4.78 is 26.6. The number of hydrogen-bond donors (Lipinski definition) is 2. The molecule has 1 aliphatic carbocycles. The van der Waals surface area contributed by atoms with Gasteiger partial charge < -0.3 is 10.1 Å². The molecule has 1 aromatic heterocycles. The van der Waals surface area contributed by atoms with Crippen LogP contribution in [0.15, 0.2) is 17.2 Å². The van der Waals surface area contributed by atoms with E-state index in [9.17, 15) is 8.42 Å². The highest BCUT2D eigenvalue weighted by Crippen LogP contribution is 2.30. The van der Waals surface area contributed by atoms with Crippen LogP contribution < -0.4 is 0 Å². The molecule has 1 fully saturated rings. The highest BCUT2D eigenvalue weighted by Gasteiger charge is 2.33. The minimum Gasteiger partial charge on any atom is -0.390 e. The number of nitrogens with one attached hydrogen (secondary N) is 1. The van der Waals surface area contributed by atoms with Crippen LogP contribution >= 0.6 is 0 Å². The molecule has 0 amide bonds. The first-order valence-corrected chi connectivity index (χ1v) is 8.17. The summed E-state index contributed by atoms with van der Waals surface area (Å²) in [6.07, 6.45) is 5.73. The van der Waals surface area contributed by atoms with Gasteiger partial charge in [0.15, 0.2) is 0 Å². The summed E-state index contributed by atoms with van der Waals surface area (Å²) in [6, 6.07) is 1.57. The molecule has 0 aliphatic heterocycles. The van der Waals surface area contributed by atoms with Crippen LogP contribution in [0, 0.1) is 5.92 Å². The second kappa shape index (κ2) is 5.64. The summed E-state index contributed by atoms with van der Waals surface area (Å²) in [5, 5.41) is 9.01. The van der Waals surface area contributed by atoms with Gasteiger partial charge in [-0.1, -0.05) is 19.8 Å². The highest BCUT2D eigenvalue weighted by atomic mass is 32.2. The Balaban J connectivity index is 2.23. The lowest BCUT2D eigenvalue weighted by Crippen LogP contribution is -2.42. The molecule has 1 aliphatic rings. The molecule has 0 bridgehead atoms. The summed E-state index contributed by atoms with van der Waals surface area (Å²) in [5.41, 5.74) is 0.517. The lowest BCUT2D eigenvalue weighted by atomic mass is 9.86. The van der Waals surface area contributed by atoms with Crippen molar-refractivity contribution in [1.82, 2.24) is 9.29 Å². The molecule has 19 heavy (non-hydrogen) atoms. The lowest BCUT2D eigenvalue weighted by Gasteiger charge is -2.35. The van der Waals surface area contributed by atoms with Crippen LogP contribution in [-0.4, -0.2) is 35.9 Å². The Hall–Kier alpha value is -0.850. The zero-order chi connectivity index (χ0) is 14.0. The number of aromatic amines is 1. The van der Waals surface area contributed by atoms with Gasteiger partial charge in [-0.15, -0.1) is 0 Å². The normalized spacial score (nSPS) is 24.8. The second-order valence-electron chi connectivity index (χ2n) is 5.37. The Morgan fingerprint density at radius 2 is 2.11 bits per heavy atom. The van der Waals surface area contributed by atoms with E-state index in [-0.39, 0.29) is 17.5 Å². The maximum absolute atomic E-state index is 12.5. The maximum Gasteiger partial charge on any atom is 0.244 e. The zero-order valence-corrected chi connectivity index (χ0v) is 12.3. The van der Waals surface area contributed by atoms with Crippen molar-refractivity contribution in [3.63, 3.8) is 0 Å². The highest BCUT2D eigenvalue weighted by molar-refractivity contribution is 7.89. The largest absolute Gasteiger partial charge is 0.390 e. The molecule has 0 spiro atoms. The minimum absolute atomic E-state index is 0.0752. The third-order valence-electron chi connectivity index (χ3n) is 4.10. The van der Waals surface area contributed by atoms with Gasteiger partial charge in [0.25, 0.3) is 0 Å². The standard InChI is InChI=1S/C13H22N2O3S/c1-10-5-3-4-6-13(10)15(2)19(17,18)12-7-11(9-16)14-8-12/h7-8,10,13-14,16H,3-6,9H2,1-2H3. The van der Waals surface area contributed by atoms with Crippen molar-refractivity contribution in [2.45, 2.75) is 50.2 Å². The van der Waals surface area contributed by atoms with Gasteiger partial charge >= 0.3 is 0 Å². The summed E-state index contributed by atoms with van der Waals surface area (Å²) in [6.45, 7) is 1.94. The van der Waals surface area contributed by atoms with Gasteiger partial charge in [-0.05, 0) is 24.8 Å². The van der Waals surface area contributed by atoms with Crippen LogP contribution in [0.4, 0.5) is 0 Å². The van der Waals surface area contributed by atoms with Gasteiger partial charge in [0.1, 0.15) is 0 Å². The first-order valence-electron chi connectivity index (χ1n) is 6.73. The number of sulfonamides is 1. The SMILES string of the molecule is CC1CCCCC1N(C)S(=O)(=O)c1c[nH]c(CO)c1. The van der Waals surface area contributed by atoms with Crippen LogP contribution in [0.25, 0.3) is 0 Å². The van der Waals surface area contributed by atoms with Crippen molar-refractivity contribution in [3.05, 3.63) is 18.0 Å². The number of aliphatic hydroxyl groups is 1. The average Bonchev–Trinajstić information content (AvgIpc) is 2.88. The maximum atomic E-state index is 12.5. The fraction of sp³-hybridized carbons (Fsp3) is 0.692. The fourth-order valence-corrected chi connectivity index (χ4v) is 4.34. The summed E-state index contributed by atoms with van der Waals surface area (Å²) in [4.78, 5) is 3.01. The molecule has 0 radical (unpaired) electrons. The third-order valence-corrected chi connectivity index (χ3v) is 5.96. The molecule has 2 N–H and O–H groups in total. The van der Waals surface area contributed by atoms with Crippen LogP contribution in [0.3, 0.4) is 0 Å². The first kappa shape index (κ1) is 14.6. The molecule has 1 saturated carbocycles. The van der Waals surface area contributed by atoms with Gasteiger partial charge in [-0.3, -0.25) is 0 Å². The number of nitrogens with zero attached hydrogens (tertiary/aromatic N) is 1. The van der Waals surface area contributed by atoms with Crippen LogP contribution in [0.5, 0.6) is 0 Å². The molecule has 2 unspecified atom stereocenters. The average molecular weight is 286 g/mol. The summed E-state index contributed by atoms with van der Waals surface area (Å²) >= 11 is 0. The number of rotatable bonds is 4. The molecule has 1 heterocycles. The van der Waals surface area contributed by atoms with Gasteiger partial charge in [-0.25, -0.2) is 8.42 Å². The predicted molar refractivity (Wildman–Crippen MR) is 73.1 cm³/mol. The van der Waals surface area contributed by atoms with Crippen molar-refractivity contribution < 1.29 is 13.5 Å². The van der Waals surface area contributed by atoms with E-state index >= 15 is 0 Å². The van der Waals surface area contributed by atoms with Crippen LogP contribution in [0.2, 0.25) is 0 Å². The van der Waals surface area contributed by atoms with Gasteiger partial charge in [0.05, 0.1) is 11.5 Å². The number of aromatic nitrogens is 1. The van der Waals surface area contributed by atoms with Gasteiger partial charge in [-0.2, -0.15) is 4.31 Å². The first-order chi connectivity index (χ1) is 8.96. The molecule has 5 nitrogen and oxygen atoms in total. The quantitative estimate of drug-likeness (QED) is 0.885. The molecule has 108 valence electrons. The summed E-state index contributed by atoms with van der Waals surface area (Å²) in [7, 11) is -1.81. The van der Waals surface area contributed by atoms with Crippen LogP contribution in [0.1, 0.15) is 38.3 Å². The molecule has 6 heteroatoms. The Labute approximate surface area is 114 Å². The fourth-order valence-electron chi connectivity index (χ4n) is 2.84. The van der Waals surface area contributed by atoms with Crippen LogP contribution in [-0.2, 0) is 16.6 Å². The molecule has 2 rings (SSSR count). The Kier molecular flexibility index (Phi) is 4.32.